The minimum Gasteiger partial charge on any atom is -0.480 e. The van der Waals surface area contributed by atoms with E-state index < -0.39 is 18.0 Å². The lowest BCUT2D eigenvalue weighted by Gasteiger charge is -2.14. The molecule has 0 saturated heterocycles. The Balaban J connectivity index is 1.78. The molecule has 20 heavy (non-hydrogen) atoms. The molecule has 0 aromatic rings. The van der Waals surface area contributed by atoms with Gasteiger partial charge in [0.05, 0.1) is 6.61 Å². The van der Waals surface area contributed by atoms with Crippen molar-refractivity contribution < 1.29 is 24.2 Å². The lowest BCUT2D eigenvalue weighted by molar-refractivity contribution is -0.145. The zero-order valence-corrected chi connectivity index (χ0v) is 11.6. The fraction of sp³-hybridized carbons (Fsp3) is 0.786. The molecule has 2 saturated carbocycles. The van der Waals surface area contributed by atoms with E-state index >= 15 is 0 Å². The summed E-state index contributed by atoms with van der Waals surface area (Å²) in [6.07, 6.45) is 3.39. The lowest BCUT2D eigenvalue weighted by atomic mass is 10.1. The highest BCUT2D eigenvalue weighted by Crippen LogP contribution is 2.57. The van der Waals surface area contributed by atoms with Crippen molar-refractivity contribution in [3.05, 3.63) is 0 Å². The molecule has 0 spiro atoms. The summed E-state index contributed by atoms with van der Waals surface area (Å²) < 4.78 is 4.75. The number of nitrogens with one attached hydrogen (secondary N) is 1. The highest BCUT2D eigenvalue weighted by molar-refractivity contribution is 5.87. The van der Waals surface area contributed by atoms with Gasteiger partial charge in [0, 0.05) is 12.3 Å². The highest BCUT2D eigenvalue weighted by Gasteiger charge is 2.56. The van der Waals surface area contributed by atoms with Crippen LogP contribution in [0.1, 0.15) is 39.0 Å². The first-order valence-corrected chi connectivity index (χ1v) is 7.23. The van der Waals surface area contributed by atoms with Gasteiger partial charge in [0.2, 0.25) is 5.91 Å². The van der Waals surface area contributed by atoms with Crippen LogP contribution in [0.2, 0.25) is 0 Å². The highest BCUT2D eigenvalue weighted by atomic mass is 16.5. The minimum atomic E-state index is -1.10. The van der Waals surface area contributed by atoms with E-state index in [4.69, 9.17) is 9.84 Å². The van der Waals surface area contributed by atoms with Crippen molar-refractivity contribution in [1.82, 2.24) is 5.32 Å². The van der Waals surface area contributed by atoms with E-state index in [2.05, 4.69) is 5.32 Å². The molecule has 0 radical (unpaired) electrons. The summed E-state index contributed by atoms with van der Waals surface area (Å²) in [5.41, 5.74) is 0. The van der Waals surface area contributed by atoms with Gasteiger partial charge in [0.15, 0.2) is 0 Å². The number of amides is 1. The number of esters is 1. The average Bonchev–Trinajstić information content (AvgIpc) is 2.88. The number of carbonyl (C=O) groups is 3. The number of fused-ring (bicyclic) bond motifs is 1. The molecule has 0 heterocycles. The third kappa shape index (κ3) is 3.29. The standard InChI is InChI=1S/C14H21NO5/c1-2-20-11(16)7-6-10(14(18)19)15-13(17)12-8-4-3-5-9(8)12/h8-10,12H,2-7H2,1H3,(H,15,17)(H,18,19)/t8?,9?,10-,12?/m0/s1. The van der Waals surface area contributed by atoms with Crippen LogP contribution in [-0.2, 0) is 19.1 Å². The molecule has 0 bridgehead atoms. The normalized spacial score (nSPS) is 28.4. The predicted octanol–water partition coefficient (Wildman–Crippen LogP) is 0.945. The SMILES string of the molecule is CCOC(=O)CC[C@H](NC(=O)C1C2CCCC21)C(=O)O. The summed E-state index contributed by atoms with van der Waals surface area (Å²) in [6.45, 7) is 1.97. The molecule has 2 rings (SSSR count). The van der Waals surface area contributed by atoms with Crippen LogP contribution in [-0.4, -0.2) is 35.6 Å². The first-order chi connectivity index (χ1) is 9.54. The zero-order valence-electron chi connectivity index (χ0n) is 11.6. The molecule has 0 aromatic heterocycles. The summed E-state index contributed by atoms with van der Waals surface area (Å²) in [5, 5.41) is 11.7. The Hall–Kier alpha value is -1.59. The van der Waals surface area contributed by atoms with E-state index in [0.717, 1.165) is 12.8 Å². The lowest BCUT2D eigenvalue weighted by Crippen LogP contribution is -2.42. The summed E-state index contributed by atoms with van der Waals surface area (Å²) in [4.78, 5) is 34.4. The molecule has 2 aliphatic rings. The molecule has 1 amide bonds. The van der Waals surface area contributed by atoms with Crippen molar-refractivity contribution in [3.63, 3.8) is 0 Å². The molecule has 3 atom stereocenters. The molecule has 6 nitrogen and oxygen atoms in total. The fourth-order valence-electron chi connectivity index (χ4n) is 3.23. The number of carboxylic acids is 1. The van der Waals surface area contributed by atoms with Crippen LogP contribution in [0.3, 0.4) is 0 Å². The van der Waals surface area contributed by atoms with E-state index in [9.17, 15) is 14.4 Å². The maximum Gasteiger partial charge on any atom is 0.326 e. The first-order valence-electron chi connectivity index (χ1n) is 7.23. The fourth-order valence-corrected chi connectivity index (χ4v) is 3.23. The molecule has 2 fully saturated rings. The van der Waals surface area contributed by atoms with Crippen molar-refractivity contribution in [3.8, 4) is 0 Å². The van der Waals surface area contributed by atoms with Crippen LogP contribution >= 0.6 is 0 Å². The molecule has 6 heteroatoms. The number of aliphatic carboxylic acids is 1. The summed E-state index contributed by atoms with van der Waals surface area (Å²) in [5.74, 6) is -0.807. The van der Waals surface area contributed by atoms with E-state index in [1.807, 2.05) is 0 Å². The van der Waals surface area contributed by atoms with E-state index in [0.29, 0.717) is 11.8 Å². The van der Waals surface area contributed by atoms with Crippen LogP contribution in [0.4, 0.5) is 0 Å². The molecular formula is C14H21NO5. The molecule has 2 aliphatic carbocycles. The second kappa shape index (κ2) is 6.24. The maximum atomic E-state index is 12.0. The second-order valence-corrected chi connectivity index (χ2v) is 5.53. The quantitative estimate of drug-likeness (QED) is 0.678. The Morgan fingerprint density at radius 3 is 2.50 bits per heavy atom. The van der Waals surface area contributed by atoms with Gasteiger partial charge in [0.1, 0.15) is 6.04 Å². The maximum absolute atomic E-state index is 12.0. The summed E-state index contributed by atoms with van der Waals surface area (Å²) in [7, 11) is 0. The van der Waals surface area contributed by atoms with Gasteiger partial charge < -0.3 is 15.2 Å². The molecule has 112 valence electrons. The predicted molar refractivity (Wildman–Crippen MR) is 69.8 cm³/mol. The van der Waals surface area contributed by atoms with Gasteiger partial charge in [-0.05, 0) is 38.0 Å². The number of carbonyl (C=O) groups excluding carboxylic acids is 2. The van der Waals surface area contributed by atoms with Gasteiger partial charge in [-0.15, -0.1) is 0 Å². The Labute approximate surface area is 117 Å². The second-order valence-electron chi connectivity index (χ2n) is 5.53. The zero-order chi connectivity index (χ0) is 14.7. The number of hydrogen-bond donors (Lipinski definition) is 2. The molecule has 2 unspecified atom stereocenters. The average molecular weight is 283 g/mol. The van der Waals surface area contributed by atoms with Crippen LogP contribution < -0.4 is 5.32 Å². The Morgan fingerprint density at radius 2 is 1.95 bits per heavy atom. The number of rotatable bonds is 7. The van der Waals surface area contributed by atoms with E-state index in [1.165, 1.54) is 6.42 Å². The van der Waals surface area contributed by atoms with E-state index in [1.54, 1.807) is 6.92 Å². The van der Waals surface area contributed by atoms with Gasteiger partial charge in [-0.25, -0.2) is 4.79 Å². The monoisotopic (exact) mass is 283 g/mol. The van der Waals surface area contributed by atoms with Crippen molar-refractivity contribution in [2.75, 3.05) is 6.61 Å². The van der Waals surface area contributed by atoms with Crippen molar-refractivity contribution >= 4 is 17.8 Å². The Kier molecular flexibility index (Phi) is 4.62. The van der Waals surface area contributed by atoms with Crippen molar-refractivity contribution in [2.45, 2.75) is 45.1 Å². The Morgan fingerprint density at radius 1 is 1.30 bits per heavy atom. The molecule has 0 aromatic carbocycles. The third-order valence-electron chi connectivity index (χ3n) is 4.27. The summed E-state index contributed by atoms with van der Waals surface area (Å²) >= 11 is 0. The van der Waals surface area contributed by atoms with Crippen molar-refractivity contribution in [2.24, 2.45) is 17.8 Å². The van der Waals surface area contributed by atoms with Gasteiger partial charge in [-0.1, -0.05) is 6.42 Å². The largest absolute Gasteiger partial charge is 0.480 e. The number of hydrogen-bond acceptors (Lipinski definition) is 4. The smallest absolute Gasteiger partial charge is 0.326 e. The number of ether oxygens (including phenoxy) is 1. The topological polar surface area (TPSA) is 92.7 Å². The van der Waals surface area contributed by atoms with Gasteiger partial charge in [-0.2, -0.15) is 0 Å². The van der Waals surface area contributed by atoms with Crippen molar-refractivity contribution in [1.29, 1.82) is 0 Å². The van der Waals surface area contributed by atoms with Gasteiger partial charge in [0.25, 0.3) is 0 Å². The van der Waals surface area contributed by atoms with Crippen LogP contribution in [0.25, 0.3) is 0 Å². The van der Waals surface area contributed by atoms with Gasteiger partial charge in [-0.3, -0.25) is 9.59 Å². The Bertz CT molecular complexity index is 398. The number of carboxylic acid groups (broad SMARTS) is 1. The van der Waals surface area contributed by atoms with Gasteiger partial charge >= 0.3 is 11.9 Å². The molecule has 0 aliphatic heterocycles. The molecular weight excluding hydrogens is 262 g/mol. The van der Waals surface area contributed by atoms with Crippen LogP contribution in [0.5, 0.6) is 0 Å². The summed E-state index contributed by atoms with van der Waals surface area (Å²) in [6, 6.07) is -1.01. The van der Waals surface area contributed by atoms with Crippen LogP contribution in [0, 0.1) is 17.8 Å². The minimum absolute atomic E-state index is 0.00259. The van der Waals surface area contributed by atoms with Crippen LogP contribution in [0.15, 0.2) is 0 Å². The first kappa shape index (κ1) is 14.8. The third-order valence-corrected chi connectivity index (χ3v) is 4.27. The van der Waals surface area contributed by atoms with E-state index in [-0.39, 0.29) is 31.3 Å². The molecule has 2 N–H and O–H groups in total.